The minimum atomic E-state index is -4.46. The van der Waals surface area contributed by atoms with Crippen molar-refractivity contribution in [1.29, 1.82) is 0 Å². The number of ether oxygens (including phenoxy) is 1. The van der Waals surface area contributed by atoms with Gasteiger partial charge in [0.25, 0.3) is 0 Å². The van der Waals surface area contributed by atoms with Crippen molar-refractivity contribution in [2.45, 2.75) is 48.1 Å². The molecule has 2 aromatic rings. The molecule has 1 aliphatic heterocycles. The topological polar surface area (TPSA) is 26.3 Å². The Morgan fingerprint density at radius 1 is 1.22 bits per heavy atom. The number of rotatable bonds is 4. The Morgan fingerprint density at radius 2 is 1.93 bits per heavy atom. The number of hydrogen-bond donors (Lipinski definition) is 0. The molecule has 3 unspecified atom stereocenters. The molecule has 146 valence electrons. The lowest BCUT2D eigenvalue weighted by Gasteiger charge is -2.40. The van der Waals surface area contributed by atoms with Crippen LogP contribution in [0.3, 0.4) is 0 Å². The first-order valence-electron chi connectivity index (χ1n) is 8.71. The fourth-order valence-electron chi connectivity index (χ4n) is 3.44. The summed E-state index contributed by atoms with van der Waals surface area (Å²) in [7, 11) is -1.58. The summed E-state index contributed by atoms with van der Waals surface area (Å²) in [4.78, 5) is 0.212. The van der Waals surface area contributed by atoms with Gasteiger partial charge in [0.1, 0.15) is 0 Å². The molecule has 0 aromatic heterocycles. The van der Waals surface area contributed by atoms with E-state index in [1.807, 2.05) is 19.1 Å². The van der Waals surface area contributed by atoms with Crippen LogP contribution < -0.4 is 0 Å². The maximum absolute atomic E-state index is 13.3. The van der Waals surface area contributed by atoms with Crippen LogP contribution in [0.1, 0.15) is 43.4 Å². The van der Waals surface area contributed by atoms with E-state index in [4.69, 9.17) is 16.3 Å². The first-order valence-corrected chi connectivity index (χ1v) is 10.2. The van der Waals surface area contributed by atoms with Crippen LogP contribution in [0, 0.1) is 0 Å². The predicted molar refractivity (Wildman–Crippen MR) is 100 cm³/mol. The molecule has 0 spiro atoms. The number of hydrogen-bond acceptors (Lipinski definition) is 2. The fourth-order valence-corrected chi connectivity index (χ4v) is 5.33. The third kappa shape index (κ3) is 4.39. The maximum atomic E-state index is 13.3. The first-order chi connectivity index (χ1) is 12.7. The van der Waals surface area contributed by atoms with Gasteiger partial charge in [-0.05, 0) is 55.2 Å². The first kappa shape index (κ1) is 20.4. The van der Waals surface area contributed by atoms with Crippen LogP contribution in [-0.4, -0.2) is 15.6 Å². The summed E-state index contributed by atoms with van der Waals surface area (Å²) < 4.78 is 57.7. The smallest absolute Gasteiger partial charge is 0.373 e. The molecule has 0 aliphatic carbocycles. The molecule has 7 heteroatoms. The zero-order valence-electron chi connectivity index (χ0n) is 14.8. The van der Waals surface area contributed by atoms with Crippen LogP contribution in [-0.2, 0) is 21.7 Å². The van der Waals surface area contributed by atoms with Gasteiger partial charge in [-0.15, -0.1) is 0 Å². The normalized spacial score (nSPS) is 24.6. The number of benzene rings is 2. The van der Waals surface area contributed by atoms with Crippen LogP contribution in [0.15, 0.2) is 53.4 Å². The summed E-state index contributed by atoms with van der Waals surface area (Å²) in [6, 6.07) is 12.1. The van der Waals surface area contributed by atoms with Gasteiger partial charge in [0.15, 0.2) is 0 Å². The third-order valence-corrected chi connectivity index (χ3v) is 7.47. The van der Waals surface area contributed by atoms with Gasteiger partial charge in [-0.3, -0.25) is 4.21 Å². The summed E-state index contributed by atoms with van der Waals surface area (Å²) in [5.41, 5.74) is 0.152. The van der Waals surface area contributed by atoms with Crippen molar-refractivity contribution < 1.29 is 22.1 Å². The van der Waals surface area contributed by atoms with E-state index < -0.39 is 27.3 Å². The van der Waals surface area contributed by atoms with Gasteiger partial charge >= 0.3 is 6.18 Å². The zero-order valence-corrected chi connectivity index (χ0v) is 16.3. The average Bonchev–Trinajstić information content (AvgIpc) is 2.67. The highest BCUT2D eigenvalue weighted by atomic mass is 35.5. The zero-order chi connectivity index (χ0) is 19.7. The van der Waals surface area contributed by atoms with Crippen LogP contribution >= 0.6 is 11.6 Å². The van der Waals surface area contributed by atoms with E-state index in [2.05, 4.69) is 0 Å². The molecule has 0 amide bonds. The Hall–Kier alpha value is -1.37. The molecule has 0 saturated carbocycles. The van der Waals surface area contributed by atoms with E-state index in [9.17, 15) is 17.4 Å². The van der Waals surface area contributed by atoms with E-state index in [-0.39, 0.29) is 11.0 Å². The summed E-state index contributed by atoms with van der Waals surface area (Å²) >= 11 is 5.93. The Morgan fingerprint density at radius 3 is 2.56 bits per heavy atom. The van der Waals surface area contributed by atoms with Crippen molar-refractivity contribution in [3.05, 3.63) is 64.7 Å². The highest BCUT2D eigenvalue weighted by Gasteiger charge is 2.42. The van der Waals surface area contributed by atoms with Gasteiger partial charge in [-0.2, -0.15) is 13.2 Å². The molecule has 3 rings (SSSR count). The molecule has 1 fully saturated rings. The minimum absolute atomic E-state index is 0.212. The molecule has 3 atom stereocenters. The molecule has 2 aromatic carbocycles. The van der Waals surface area contributed by atoms with Crippen molar-refractivity contribution >= 4 is 22.4 Å². The fraction of sp³-hybridized carbons (Fsp3) is 0.400. The van der Waals surface area contributed by atoms with E-state index in [1.165, 1.54) is 12.1 Å². The molecule has 2 nitrogen and oxygen atoms in total. The standard InChI is InChI=1S/C20H20ClF3O2S/c1-2-19(27(25)17-5-3-4-15(12-17)20(22,23)24)10-11-26-18(13-19)14-6-8-16(21)9-7-14/h3-9,12,18H,2,10-11,13H2,1H3. The van der Waals surface area contributed by atoms with Crippen LogP contribution in [0.25, 0.3) is 0 Å². The third-order valence-electron chi connectivity index (χ3n) is 5.09. The molecule has 27 heavy (non-hydrogen) atoms. The molecule has 0 radical (unpaired) electrons. The second-order valence-corrected chi connectivity index (χ2v) is 9.01. The summed E-state index contributed by atoms with van der Waals surface area (Å²) in [6.07, 6.45) is -3.11. The Bertz CT molecular complexity index is 823. The van der Waals surface area contributed by atoms with Gasteiger partial charge in [-0.25, -0.2) is 0 Å². The van der Waals surface area contributed by atoms with E-state index in [1.54, 1.807) is 12.1 Å². The summed E-state index contributed by atoms with van der Waals surface area (Å²) in [6.45, 7) is 2.33. The van der Waals surface area contributed by atoms with Gasteiger partial charge in [-0.1, -0.05) is 36.7 Å². The SMILES string of the molecule is CCC1(S(=O)c2cccc(C(F)(F)F)c2)CCOC(c2ccc(Cl)cc2)C1. The molecule has 1 aliphatic rings. The molecular formula is C20H20ClF3O2S. The van der Waals surface area contributed by atoms with Crippen molar-refractivity contribution in [2.24, 2.45) is 0 Å². The lowest BCUT2D eigenvalue weighted by atomic mass is 9.89. The largest absolute Gasteiger partial charge is 0.416 e. The lowest BCUT2D eigenvalue weighted by Crippen LogP contribution is -2.41. The van der Waals surface area contributed by atoms with Crippen LogP contribution in [0.2, 0.25) is 5.02 Å². The molecule has 1 heterocycles. The van der Waals surface area contributed by atoms with E-state index >= 15 is 0 Å². The van der Waals surface area contributed by atoms with E-state index in [0.29, 0.717) is 30.9 Å². The van der Waals surface area contributed by atoms with E-state index in [0.717, 1.165) is 17.7 Å². The minimum Gasteiger partial charge on any atom is -0.373 e. The van der Waals surface area contributed by atoms with Crippen molar-refractivity contribution in [3.8, 4) is 0 Å². The van der Waals surface area contributed by atoms with Crippen molar-refractivity contribution in [1.82, 2.24) is 0 Å². The second-order valence-electron chi connectivity index (χ2n) is 6.70. The molecule has 0 bridgehead atoms. The predicted octanol–water partition coefficient (Wildman–Crippen LogP) is 6.17. The Labute approximate surface area is 164 Å². The maximum Gasteiger partial charge on any atom is 0.416 e. The second kappa shape index (κ2) is 7.94. The molecular weight excluding hydrogens is 397 g/mol. The highest BCUT2D eigenvalue weighted by molar-refractivity contribution is 7.86. The van der Waals surface area contributed by atoms with Gasteiger partial charge in [0.2, 0.25) is 0 Å². The lowest BCUT2D eigenvalue weighted by molar-refractivity contribution is -0.137. The number of halogens is 4. The molecule has 0 N–H and O–H groups in total. The van der Waals surface area contributed by atoms with Gasteiger partial charge in [0.05, 0.1) is 27.2 Å². The Kier molecular flexibility index (Phi) is 5.99. The summed E-state index contributed by atoms with van der Waals surface area (Å²) in [5, 5.41) is 0.615. The van der Waals surface area contributed by atoms with Crippen molar-refractivity contribution in [2.75, 3.05) is 6.61 Å². The van der Waals surface area contributed by atoms with Crippen LogP contribution in [0.5, 0.6) is 0 Å². The monoisotopic (exact) mass is 416 g/mol. The quantitative estimate of drug-likeness (QED) is 0.596. The highest BCUT2D eigenvalue weighted by Crippen LogP contribution is 2.43. The Balaban J connectivity index is 1.90. The van der Waals surface area contributed by atoms with Crippen molar-refractivity contribution in [3.63, 3.8) is 0 Å². The number of alkyl halides is 3. The van der Waals surface area contributed by atoms with Crippen LogP contribution in [0.4, 0.5) is 13.2 Å². The summed E-state index contributed by atoms with van der Waals surface area (Å²) in [5.74, 6) is 0. The van der Waals surface area contributed by atoms with Gasteiger partial charge in [0, 0.05) is 16.5 Å². The average molecular weight is 417 g/mol. The van der Waals surface area contributed by atoms with Gasteiger partial charge < -0.3 is 4.74 Å². The molecule has 1 saturated heterocycles.